The monoisotopic (exact) mass is 473 g/mol. The standard InChI is InChI=1S/C26H23N3O4S/c27-15-16-4-5-17(2-1-3-23(30)31)21(12-16)29-24(32)20-14-26(20)8-10-33-22-7-6-18(13-19(22)26)25-28-9-11-34-25/h4-7,9,11-13,20H,1-3,8,10,14H2,(H,29,32)(H,30,31)/t20-,26-/m0/s1. The van der Waals surface area contributed by atoms with E-state index >= 15 is 0 Å². The third-order valence-electron chi connectivity index (χ3n) is 6.73. The molecular weight excluding hydrogens is 450 g/mol. The molecule has 0 saturated heterocycles. The Morgan fingerprint density at radius 1 is 1.29 bits per heavy atom. The molecule has 1 saturated carbocycles. The molecule has 2 atom stereocenters. The molecule has 0 radical (unpaired) electrons. The first kappa shape index (κ1) is 22.1. The summed E-state index contributed by atoms with van der Waals surface area (Å²) in [5.74, 6) is -0.307. The van der Waals surface area contributed by atoms with E-state index in [1.54, 1.807) is 35.7 Å². The van der Waals surface area contributed by atoms with E-state index in [4.69, 9.17) is 9.84 Å². The van der Waals surface area contributed by atoms with E-state index in [1.807, 2.05) is 17.5 Å². The van der Waals surface area contributed by atoms with Gasteiger partial charge < -0.3 is 15.2 Å². The molecule has 3 aromatic rings. The average molecular weight is 474 g/mol. The molecule has 1 amide bonds. The van der Waals surface area contributed by atoms with Gasteiger partial charge in [-0.3, -0.25) is 9.59 Å². The number of benzene rings is 2. The first-order valence-corrected chi connectivity index (χ1v) is 12.1. The molecule has 1 aliphatic carbocycles. The smallest absolute Gasteiger partial charge is 0.303 e. The highest BCUT2D eigenvalue weighted by Crippen LogP contribution is 2.61. The summed E-state index contributed by atoms with van der Waals surface area (Å²) in [5.41, 5.74) is 3.68. The second-order valence-corrected chi connectivity index (χ2v) is 9.67. The molecule has 34 heavy (non-hydrogen) atoms. The third kappa shape index (κ3) is 4.15. The first-order chi connectivity index (χ1) is 16.5. The average Bonchev–Trinajstić information content (AvgIpc) is 3.28. The Morgan fingerprint density at radius 3 is 2.94 bits per heavy atom. The first-order valence-electron chi connectivity index (χ1n) is 11.2. The topological polar surface area (TPSA) is 112 Å². The zero-order valence-electron chi connectivity index (χ0n) is 18.4. The van der Waals surface area contributed by atoms with Crippen molar-refractivity contribution in [2.45, 2.75) is 37.5 Å². The minimum Gasteiger partial charge on any atom is -0.493 e. The van der Waals surface area contributed by atoms with E-state index < -0.39 is 5.97 Å². The highest BCUT2D eigenvalue weighted by Gasteiger charge is 2.61. The molecule has 2 aliphatic rings. The van der Waals surface area contributed by atoms with Crippen LogP contribution < -0.4 is 10.1 Å². The summed E-state index contributed by atoms with van der Waals surface area (Å²) in [6.45, 7) is 0.567. The fourth-order valence-corrected chi connectivity index (χ4v) is 5.51. The van der Waals surface area contributed by atoms with Gasteiger partial charge in [0.15, 0.2) is 0 Å². The van der Waals surface area contributed by atoms with Gasteiger partial charge in [0, 0.05) is 46.1 Å². The molecule has 2 heterocycles. The Hall–Kier alpha value is -3.70. The summed E-state index contributed by atoms with van der Waals surface area (Å²) in [6, 6.07) is 13.3. The van der Waals surface area contributed by atoms with Crippen LogP contribution in [0.15, 0.2) is 48.0 Å². The Bertz CT molecular complexity index is 1300. The number of rotatable bonds is 7. The van der Waals surface area contributed by atoms with E-state index in [9.17, 15) is 14.9 Å². The number of carboxylic acid groups (broad SMARTS) is 1. The molecule has 1 aromatic heterocycles. The van der Waals surface area contributed by atoms with Crippen molar-refractivity contribution in [3.8, 4) is 22.4 Å². The molecule has 2 aromatic carbocycles. The van der Waals surface area contributed by atoms with Crippen LogP contribution in [0.2, 0.25) is 0 Å². The fraction of sp³-hybridized carbons (Fsp3) is 0.308. The van der Waals surface area contributed by atoms with Gasteiger partial charge in [-0.2, -0.15) is 5.26 Å². The van der Waals surface area contributed by atoms with Gasteiger partial charge in [-0.1, -0.05) is 6.07 Å². The minimum absolute atomic E-state index is 0.0529. The third-order valence-corrected chi connectivity index (χ3v) is 7.55. The number of hydrogen-bond donors (Lipinski definition) is 2. The Kier molecular flexibility index (Phi) is 5.80. The number of carbonyl (C=O) groups is 2. The Morgan fingerprint density at radius 2 is 2.18 bits per heavy atom. The number of aliphatic carboxylic acids is 1. The maximum absolute atomic E-state index is 13.4. The summed E-state index contributed by atoms with van der Waals surface area (Å²) >= 11 is 1.58. The van der Waals surface area contributed by atoms with Crippen molar-refractivity contribution in [2.24, 2.45) is 5.92 Å². The predicted molar refractivity (Wildman–Crippen MR) is 128 cm³/mol. The van der Waals surface area contributed by atoms with Crippen molar-refractivity contribution in [1.29, 1.82) is 5.26 Å². The fourth-order valence-electron chi connectivity index (χ4n) is 4.87. The summed E-state index contributed by atoms with van der Waals surface area (Å²) in [5, 5.41) is 24.2. The lowest BCUT2D eigenvalue weighted by Crippen LogP contribution is -2.27. The van der Waals surface area contributed by atoms with Crippen LogP contribution in [0.25, 0.3) is 10.6 Å². The van der Waals surface area contributed by atoms with Gasteiger partial charge in [0.2, 0.25) is 5.91 Å². The van der Waals surface area contributed by atoms with Gasteiger partial charge in [-0.05, 0) is 61.6 Å². The number of fused-ring (bicyclic) bond motifs is 2. The van der Waals surface area contributed by atoms with E-state index in [-0.39, 0.29) is 23.7 Å². The van der Waals surface area contributed by atoms with Gasteiger partial charge in [-0.25, -0.2) is 4.98 Å². The van der Waals surface area contributed by atoms with Crippen LogP contribution in [-0.4, -0.2) is 28.6 Å². The molecule has 2 N–H and O–H groups in total. The molecule has 1 spiro atoms. The number of carbonyl (C=O) groups excluding carboxylic acids is 1. The van der Waals surface area contributed by atoms with E-state index in [1.165, 1.54) is 0 Å². The SMILES string of the molecule is N#Cc1ccc(CCCC(=O)O)c(NC(=O)[C@@H]2C[C@]23CCOc2ccc(-c4nccs4)cc23)c1. The molecule has 7 nitrogen and oxygen atoms in total. The molecule has 5 rings (SSSR count). The minimum atomic E-state index is -0.852. The van der Waals surface area contributed by atoms with E-state index in [0.717, 1.165) is 40.3 Å². The van der Waals surface area contributed by atoms with Gasteiger partial charge in [0.25, 0.3) is 0 Å². The molecule has 1 fully saturated rings. The number of ether oxygens (including phenoxy) is 1. The largest absolute Gasteiger partial charge is 0.493 e. The van der Waals surface area contributed by atoms with Crippen molar-refractivity contribution in [2.75, 3.05) is 11.9 Å². The summed E-state index contributed by atoms with van der Waals surface area (Å²) in [4.78, 5) is 28.7. The van der Waals surface area contributed by atoms with Crippen LogP contribution in [0.4, 0.5) is 5.69 Å². The van der Waals surface area contributed by atoms with Gasteiger partial charge >= 0.3 is 5.97 Å². The van der Waals surface area contributed by atoms with E-state index in [0.29, 0.717) is 30.7 Å². The lowest BCUT2D eigenvalue weighted by Gasteiger charge is -2.27. The second-order valence-electron chi connectivity index (χ2n) is 8.78. The van der Waals surface area contributed by atoms with Crippen molar-refractivity contribution >= 4 is 28.9 Å². The summed E-state index contributed by atoms with van der Waals surface area (Å²) in [7, 11) is 0. The van der Waals surface area contributed by atoms with Gasteiger partial charge in [0.1, 0.15) is 10.8 Å². The number of anilines is 1. The zero-order chi connectivity index (χ0) is 23.7. The van der Waals surface area contributed by atoms with Gasteiger partial charge in [0.05, 0.1) is 18.2 Å². The van der Waals surface area contributed by atoms with Crippen molar-refractivity contribution in [1.82, 2.24) is 4.98 Å². The maximum atomic E-state index is 13.4. The number of thiazole rings is 1. The summed E-state index contributed by atoms with van der Waals surface area (Å²) in [6.07, 6.45) is 4.31. The quantitative estimate of drug-likeness (QED) is 0.511. The highest BCUT2D eigenvalue weighted by molar-refractivity contribution is 7.13. The lowest BCUT2D eigenvalue weighted by molar-refractivity contribution is -0.137. The van der Waals surface area contributed by atoms with Crippen molar-refractivity contribution in [3.63, 3.8) is 0 Å². The molecule has 8 heteroatoms. The lowest BCUT2D eigenvalue weighted by atomic mass is 9.86. The second kappa shape index (κ2) is 8.92. The number of nitriles is 1. The molecule has 0 bridgehead atoms. The maximum Gasteiger partial charge on any atom is 0.303 e. The van der Waals surface area contributed by atoms with Crippen LogP contribution in [0.1, 0.15) is 42.4 Å². The molecule has 172 valence electrons. The van der Waals surface area contributed by atoms with Crippen LogP contribution in [0.3, 0.4) is 0 Å². The normalized spacial score (nSPS) is 20.1. The van der Waals surface area contributed by atoms with Crippen molar-refractivity contribution in [3.05, 3.63) is 64.7 Å². The number of carboxylic acids is 1. The number of nitrogens with zero attached hydrogens (tertiary/aromatic N) is 2. The number of aryl methyl sites for hydroxylation is 1. The number of aromatic nitrogens is 1. The molecular formula is C26H23N3O4S. The molecule has 0 unspecified atom stereocenters. The van der Waals surface area contributed by atoms with Crippen LogP contribution in [0.5, 0.6) is 5.75 Å². The van der Waals surface area contributed by atoms with Crippen molar-refractivity contribution < 1.29 is 19.4 Å². The number of amides is 1. The summed E-state index contributed by atoms with van der Waals surface area (Å²) < 4.78 is 5.90. The van der Waals surface area contributed by atoms with E-state index in [2.05, 4.69) is 22.4 Å². The number of nitrogens with one attached hydrogen (secondary N) is 1. The predicted octanol–water partition coefficient (Wildman–Crippen LogP) is 4.77. The molecule has 1 aliphatic heterocycles. The van der Waals surface area contributed by atoms with Crippen LogP contribution in [0, 0.1) is 17.2 Å². The zero-order valence-corrected chi connectivity index (χ0v) is 19.2. The highest BCUT2D eigenvalue weighted by atomic mass is 32.1. The Balaban J connectivity index is 1.38. The van der Waals surface area contributed by atoms with Crippen LogP contribution in [-0.2, 0) is 21.4 Å². The number of hydrogen-bond acceptors (Lipinski definition) is 6. The Labute approximate surface area is 201 Å². The van der Waals surface area contributed by atoms with Gasteiger partial charge in [-0.15, -0.1) is 11.3 Å². The van der Waals surface area contributed by atoms with Crippen LogP contribution >= 0.6 is 11.3 Å².